The number of nitrogens with two attached hydrogens (primary N) is 1. The Morgan fingerprint density at radius 2 is 1.90 bits per heavy atom. The van der Waals surface area contributed by atoms with Crippen molar-refractivity contribution in [3.8, 4) is 10.4 Å². The number of sulfonamides is 1. The third-order valence-corrected chi connectivity index (χ3v) is 7.92. The summed E-state index contributed by atoms with van der Waals surface area (Å²) in [6, 6.07) is 4.87. The van der Waals surface area contributed by atoms with Crippen molar-refractivity contribution in [3.05, 3.63) is 29.4 Å². The summed E-state index contributed by atoms with van der Waals surface area (Å²) in [7, 11) is -3.77. The zero-order valence-electron chi connectivity index (χ0n) is 17.3. The van der Waals surface area contributed by atoms with Crippen molar-refractivity contribution >= 4 is 33.1 Å². The Hall–Kier alpha value is -2.17. The van der Waals surface area contributed by atoms with Gasteiger partial charge in [0.1, 0.15) is 0 Å². The standard InChI is InChI=1S/C20H28N4O4S2/c1-20(2,3)24-30(27,28)17-10-13(21)6-9-15(17)16-11-22-18(29-16)12-4-7-14(8-5-12)23-19(25)26/h6,9-12,14,23-24H,4-5,7-8,21H2,1-3H3,(H,25,26)/t12-,14-. The van der Waals surface area contributed by atoms with Crippen LogP contribution in [0.15, 0.2) is 29.3 Å². The molecule has 1 aromatic carbocycles. The maximum absolute atomic E-state index is 13.0. The Bertz CT molecular complexity index is 1020. The lowest BCUT2D eigenvalue weighted by Gasteiger charge is -2.27. The van der Waals surface area contributed by atoms with Gasteiger partial charge in [0.25, 0.3) is 0 Å². The summed E-state index contributed by atoms with van der Waals surface area (Å²) in [5.41, 5.74) is 6.21. The van der Waals surface area contributed by atoms with Crippen LogP contribution in [-0.2, 0) is 10.0 Å². The molecule has 0 spiro atoms. The monoisotopic (exact) mass is 452 g/mol. The molecule has 1 aromatic heterocycles. The smallest absolute Gasteiger partial charge is 0.404 e. The van der Waals surface area contributed by atoms with Gasteiger partial charge in [0.05, 0.1) is 14.8 Å². The first kappa shape index (κ1) is 22.5. The van der Waals surface area contributed by atoms with E-state index in [1.807, 2.05) is 0 Å². The molecule has 2 aromatic rings. The molecule has 3 rings (SSSR count). The van der Waals surface area contributed by atoms with Gasteiger partial charge in [-0.2, -0.15) is 0 Å². The van der Waals surface area contributed by atoms with Crippen molar-refractivity contribution in [1.29, 1.82) is 0 Å². The highest BCUT2D eigenvalue weighted by Crippen LogP contribution is 2.39. The molecule has 0 saturated heterocycles. The molecule has 10 heteroatoms. The number of nitrogen functional groups attached to an aromatic ring is 1. The van der Waals surface area contributed by atoms with E-state index in [1.54, 1.807) is 39.1 Å². The Labute approximate surface area is 181 Å². The first-order valence-corrected chi connectivity index (χ1v) is 12.1. The zero-order chi connectivity index (χ0) is 22.1. The number of amides is 1. The summed E-state index contributed by atoms with van der Waals surface area (Å²) < 4.78 is 28.7. The molecule has 0 radical (unpaired) electrons. The molecular formula is C20H28N4O4S2. The number of benzene rings is 1. The molecule has 1 heterocycles. The van der Waals surface area contributed by atoms with Crippen LogP contribution in [0.25, 0.3) is 10.4 Å². The minimum absolute atomic E-state index is 0.0181. The maximum atomic E-state index is 13.0. The molecule has 1 aliphatic carbocycles. The van der Waals surface area contributed by atoms with E-state index in [4.69, 9.17) is 10.8 Å². The summed E-state index contributed by atoms with van der Waals surface area (Å²) in [4.78, 5) is 16.3. The second-order valence-corrected chi connectivity index (χ2v) is 11.4. The lowest BCUT2D eigenvalue weighted by Crippen LogP contribution is -2.40. The van der Waals surface area contributed by atoms with Gasteiger partial charge in [-0.15, -0.1) is 11.3 Å². The van der Waals surface area contributed by atoms with Crippen molar-refractivity contribution in [2.75, 3.05) is 5.73 Å². The second-order valence-electron chi connectivity index (χ2n) is 8.67. The minimum atomic E-state index is -3.77. The van der Waals surface area contributed by atoms with Crippen molar-refractivity contribution in [2.45, 2.75) is 68.8 Å². The van der Waals surface area contributed by atoms with Crippen LogP contribution < -0.4 is 15.8 Å². The number of nitrogens with zero attached hydrogens (tertiary/aromatic N) is 1. The molecule has 5 N–H and O–H groups in total. The first-order valence-electron chi connectivity index (χ1n) is 9.84. The molecule has 1 amide bonds. The minimum Gasteiger partial charge on any atom is -0.465 e. The highest BCUT2D eigenvalue weighted by molar-refractivity contribution is 7.89. The number of carboxylic acid groups (broad SMARTS) is 1. The van der Waals surface area contributed by atoms with Gasteiger partial charge in [-0.05, 0) is 58.6 Å². The van der Waals surface area contributed by atoms with E-state index in [-0.39, 0.29) is 16.9 Å². The van der Waals surface area contributed by atoms with Gasteiger partial charge < -0.3 is 16.2 Å². The van der Waals surface area contributed by atoms with Crippen LogP contribution in [0.1, 0.15) is 57.4 Å². The predicted octanol–water partition coefficient (Wildman–Crippen LogP) is 3.76. The lowest BCUT2D eigenvalue weighted by atomic mass is 9.86. The summed E-state index contributed by atoms with van der Waals surface area (Å²) in [5.74, 6) is 0.247. The fourth-order valence-electron chi connectivity index (χ4n) is 3.68. The highest BCUT2D eigenvalue weighted by atomic mass is 32.2. The SMILES string of the molecule is CC(C)(C)NS(=O)(=O)c1cc(N)ccc1-c1cnc([C@H]2CC[C@H](NC(=O)O)CC2)s1. The summed E-state index contributed by atoms with van der Waals surface area (Å²) in [6.07, 6.45) is 3.94. The summed E-state index contributed by atoms with van der Waals surface area (Å²) in [6.45, 7) is 5.37. The molecule has 1 aliphatic rings. The highest BCUT2D eigenvalue weighted by Gasteiger charge is 2.28. The number of thiazole rings is 1. The fourth-order valence-corrected chi connectivity index (χ4v) is 6.55. The molecule has 1 fully saturated rings. The van der Waals surface area contributed by atoms with Crippen molar-refractivity contribution in [1.82, 2.24) is 15.0 Å². The van der Waals surface area contributed by atoms with Crippen molar-refractivity contribution < 1.29 is 18.3 Å². The number of hydrogen-bond donors (Lipinski definition) is 4. The lowest BCUT2D eigenvalue weighted by molar-refractivity contribution is 0.185. The predicted molar refractivity (Wildman–Crippen MR) is 118 cm³/mol. The summed E-state index contributed by atoms with van der Waals surface area (Å²) >= 11 is 1.48. The topological polar surface area (TPSA) is 134 Å². The molecule has 1 saturated carbocycles. The van der Waals surface area contributed by atoms with Gasteiger partial charge in [-0.3, -0.25) is 0 Å². The molecule has 0 unspecified atom stereocenters. The Kier molecular flexibility index (Phi) is 6.40. The Morgan fingerprint density at radius 3 is 2.50 bits per heavy atom. The Balaban J connectivity index is 1.85. The molecular weight excluding hydrogens is 424 g/mol. The third-order valence-electron chi connectivity index (χ3n) is 4.93. The zero-order valence-corrected chi connectivity index (χ0v) is 18.9. The molecule has 164 valence electrons. The van der Waals surface area contributed by atoms with Crippen LogP contribution in [0.5, 0.6) is 0 Å². The number of hydrogen-bond acceptors (Lipinski definition) is 6. The summed E-state index contributed by atoms with van der Waals surface area (Å²) in [5, 5.41) is 12.4. The average molecular weight is 453 g/mol. The van der Waals surface area contributed by atoms with Gasteiger partial charge in [0, 0.05) is 34.9 Å². The van der Waals surface area contributed by atoms with Crippen LogP contribution in [0, 0.1) is 0 Å². The van der Waals surface area contributed by atoms with E-state index in [2.05, 4.69) is 15.0 Å². The maximum Gasteiger partial charge on any atom is 0.404 e. The largest absolute Gasteiger partial charge is 0.465 e. The van der Waals surface area contributed by atoms with E-state index >= 15 is 0 Å². The van der Waals surface area contributed by atoms with Crippen LogP contribution in [-0.4, -0.2) is 36.2 Å². The van der Waals surface area contributed by atoms with Crippen molar-refractivity contribution in [2.24, 2.45) is 0 Å². The quantitative estimate of drug-likeness (QED) is 0.510. The van der Waals surface area contributed by atoms with Crippen LogP contribution in [0.4, 0.5) is 10.5 Å². The van der Waals surface area contributed by atoms with Gasteiger partial charge in [0.2, 0.25) is 10.0 Å². The second kappa shape index (κ2) is 8.52. The van der Waals surface area contributed by atoms with Gasteiger partial charge >= 0.3 is 6.09 Å². The average Bonchev–Trinajstić information content (AvgIpc) is 3.09. The van der Waals surface area contributed by atoms with Gasteiger partial charge in [0.15, 0.2) is 0 Å². The number of carbonyl (C=O) groups is 1. The van der Waals surface area contributed by atoms with Crippen LogP contribution >= 0.6 is 11.3 Å². The van der Waals surface area contributed by atoms with Gasteiger partial charge in [-0.1, -0.05) is 6.07 Å². The molecule has 8 nitrogen and oxygen atoms in total. The molecule has 0 aliphatic heterocycles. The Morgan fingerprint density at radius 1 is 1.23 bits per heavy atom. The van der Waals surface area contributed by atoms with Crippen LogP contribution in [0.2, 0.25) is 0 Å². The van der Waals surface area contributed by atoms with Crippen molar-refractivity contribution in [3.63, 3.8) is 0 Å². The van der Waals surface area contributed by atoms with E-state index in [9.17, 15) is 13.2 Å². The van der Waals surface area contributed by atoms with Crippen LogP contribution in [0.3, 0.4) is 0 Å². The van der Waals surface area contributed by atoms with E-state index < -0.39 is 21.7 Å². The molecule has 0 bridgehead atoms. The number of nitrogens with one attached hydrogen (secondary N) is 2. The number of aromatic nitrogens is 1. The third kappa shape index (κ3) is 5.50. The number of anilines is 1. The van der Waals surface area contributed by atoms with E-state index in [1.165, 1.54) is 17.4 Å². The number of rotatable bonds is 5. The fraction of sp³-hybridized carbons (Fsp3) is 0.500. The first-order chi connectivity index (χ1) is 13.9. The van der Waals surface area contributed by atoms with Gasteiger partial charge in [-0.25, -0.2) is 22.9 Å². The normalized spacial score (nSPS) is 20.1. The van der Waals surface area contributed by atoms with E-state index in [0.29, 0.717) is 11.3 Å². The molecule has 0 atom stereocenters. The van der Waals surface area contributed by atoms with E-state index in [0.717, 1.165) is 35.6 Å². The molecule has 30 heavy (non-hydrogen) atoms.